The smallest absolute Gasteiger partial charge is 0.343 e. The predicted molar refractivity (Wildman–Crippen MR) is 267 cm³/mol. The SMILES string of the molecule is [2H]C([2H])(NC(=O)CNC(=O)[C@H](Cc1ccccc1)NC(=O)CNC(=O)CNC(=O)CCCCCN1C(=O)CC(C)C1=O)OC([2H])([2H])C(=O)N[C@H]1CCc2c(C)c(F)cc3nc4c(c1c23)Cn1c-4cc2c(c1=O)COC(=O)[C@]2(O)CC. The summed E-state index contributed by atoms with van der Waals surface area (Å²) in [5.74, 6) is -7.88. The van der Waals surface area contributed by atoms with Gasteiger partial charge in [0.05, 0.1) is 60.2 Å². The van der Waals surface area contributed by atoms with Gasteiger partial charge in [0.1, 0.15) is 31.7 Å². The van der Waals surface area contributed by atoms with Crippen molar-refractivity contribution in [3.63, 3.8) is 0 Å². The van der Waals surface area contributed by atoms with Crippen molar-refractivity contribution >= 4 is 64.1 Å². The van der Waals surface area contributed by atoms with Crippen LogP contribution in [0.2, 0.25) is 0 Å². The van der Waals surface area contributed by atoms with E-state index < -0.39 is 110 Å². The minimum absolute atomic E-state index is 0.0362. The highest BCUT2D eigenvalue weighted by molar-refractivity contribution is 6.03. The molecule has 1 unspecified atom stereocenters. The number of hydrogen-bond donors (Lipinski definition) is 7. The summed E-state index contributed by atoms with van der Waals surface area (Å²) in [6, 6.07) is 8.67. The first kappa shape index (κ1) is 49.0. The molecule has 2 aromatic heterocycles. The number of nitrogens with one attached hydrogen (secondary N) is 6. The van der Waals surface area contributed by atoms with Gasteiger partial charge in [0.15, 0.2) is 5.60 Å². The van der Waals surface area contributed by atoms with Gasteiger partial charge in [0.25, 0.3) is 5.56 Å². The molecule has 0 saturated carbocycles. The second-order valence-corrected chi connectivity index (χ2v) is 19.1. The summed E-state index contributed by atoms with van der Waals surface area (Å²) in [7, 11) is 0. The molecule has 1 fully saturated rings. The average Bonchev–Trinajstić information content (AvgIpc) is 3.92. The Morgan fingerprint density at radius 3 is 2.38 bits per heavy atom. The molecule has 76 heavy (non-hydrogen) atoms. The van der Waals surface area contributed by atoms with Gasteiger partial charge in [0, 0.05) is 54.3 Å². The molecule has 4 aliphatic rings. The normalized spacial score (nSPS) is 19.6. The minimum Gasteiger partial charge on any atom is -0.458 e. The van der Waals surface area contributed by atoms with Gasteiger partial charge in [-0.1, -0.05) is 50.6 Å². The van der Waals surface area contributed by atoms with E-state index in [1.165, 1.54) is 21.6 Å². The molecule has 5 heterocycles. The van der Waals surface area contributed by atoms with E-state index in [0.29, 0.717) is 52.5 Å². The van der Waals surface area contributed by atoms with Crippen LogP contribution >= 0.6 is 0 Å². The molecule has 22 nitrogen and oxygen atoms in total. The third-order valence-corrected chi connectivity index (χ3v) is 14.1. The number of amides is 8. The number of fused-ring (bicyclic) bond motifs is 5. The Balaban J connectivity index is 0.855. The van der Waals surface area contributed by atoms with E-state index in [9.17, 15) is 53.1 Å². The first-order valence-electron chi connectivity index (χ1n) is 26.9. The Labute approximate surface area is 440 Å². The van der Waals surface area contributed by atoms with Crippen molar-refractivity contribution in [2.45, 2.75) is 109 Å². The van der Waals surface area contributed by atoms with Crippen LogP contribution in [0.1, 0.15) is 109 Å². The van der Waals surface area contributed by atoms with Gasteiger partial charge < -0.3 is 51.0 Å². The molecule has 3 aliphatic heterocycles. The lowest BCUT2D eigenvalue weighted by Gasteiger charge is -2.31. The van der Waals surface area contributed by atoms with Crippen LogP contribution in [0.5, 0.6) is 0 Å². The molecule has 7 N–H and O–H groups in total. The van der Waals surface area contributed by atoms with Gasteiger partial charge >= 0.3 is 5.97 Å². The van der Waals surface area contributed by atoms with Crippen LogP contribution in [0.4, 0.5) is 4.39 Å². The van der Waals surface area contributed by atoms with E-state index in [4.69, 9.17) is 19.9 Å². The molecule has 23 heteroatoms. The monoisotopic (exact) mass is 1050 g/mol. The topological polar surface area (TPSA) is 303 Å². The molecule has 0 bridgehead atoms. The zero-order chi connectivity index (χ0) is 58.0. The second kappa shape index (κ2) is 23.3. The van der Waals surface area contributed by atoms with Crippen LogP contribution in [0, 0.1) is 18.7 Å². The molecular formula is C53H60FN9O13. The van der Waals surface area contributed by atoms with E-state index >= 15 is 4.39 Å². The van der Waals surface area contributed by atoms with Gasteiger partial charge in [-0.2, -0.15) is 0 Å². The molecule has 4 aromatic rings. The number of rotatable bonds is 22. The number of pyridine rings is 2. The highest BCUT2D eigenvalue weighted by atomic mass is 19.1. The number of esters is 1. The van der Waals surface area contributed by atoms with Crippen LogP contribution in [0.15, 0.2) is 47.3 Å². The summed E-state index contributed by atoms with van der Waals surface area (Å²) in [5.41, 5.74) is 0.132. The van der Waals surface area contributed by atoms with E-state index in [1.807, 2.05) is 0 Å². The standard InChI is InChI=1S/C53H60FN9O13/c1-4-53(74)34-19-39-48-32(24-63(39)51(72)33(34)25-76-52(53)73)47-36(15-14-31-29(3)35(54)20-37(61-48)46(31)47)59-44(68)26-75-27-58-42(66)22-57-49(70)38(18-30-11-7-5-8-12-30)60-43(67)23-56-41(65)21-55-40(64)13-9-6-10-16-62-45(69)17-28(2)50(62)71/h5,7-8,11-12,19-20,28,36,38,74H,4,6,9-10,13-18,21-27H2,1-3H3,(H,55,64)(H,56,65)(H,57,70)(H,58,66)(H,59,68)(H,60,67)/t28?,36-,38-,53-/m0/s1/i26D2,27D2. The molecule has 0 spiro atoms. The molecule has 402 valence electrons. The number of aromatic nitrogens is 2. The van der Waals surface area contributed by atoms with Crippen molar-refractivity contribution in [3.8, 4) is 11.4 Å². The van der Waals surface area contributed by atoms with Gasteiger partial charge in [0.2, 0.25) is 47.3 Å². The lowest BCUT2D eigenvalue weighted by molar-refractivity contribution is -0.172. The van der Waals surface area contributed by atoms with Crippen molar-refractivity contribution in [3.05, 3.63) is 97.6 Å². The molecule has 1 saturated heterocycles. The fourth-order valence-electron chi connectivity index (χ4n) is 10.0. The number of carbonyl (C=O) groups is 9. The number of aryl methyl sites for hydroxylation is 1. The van der Waals surface area contributed by atoms with Crippen LogP contribution in [0.3, 0.4) is 0 Å². The van der Waals surface area contributed by atoms with Crippen LogP contribution in [-0.4, -0.2) is 118 Å². The molecule has 8 rings (SSSR count). The number of unbranched alkanes of at least 4 members (excludes halogenated alkanes) is 2. The van der Waals surface area contributed by atoms with Crippen molar-refractivity contribution in [2.75, 3.05) is 39.4 Å². The van der Waals surface area contributed by atoms with Gasteiger partial charge in [-0.25, -0.2) is 14.2 Å². The lowest BCUT2D eigenvalue weighted by atomic mass is 9.81. The summed E-state index contributed by atoms with van der Waals surface area (Å²) in [4.78, 5) is 135. The number of ether oxygens (including phenoxy) is 2. The molecular weight excluding hydrogens is 990 g/mol. The first-order chi connectivity index (χ1) is 37.8. The number of nitrogens with zero attached hydrogens (tertiary/aromatic N) is 3. The van der Waals surface area contributed by atoms with E-state index in [1.54, 1.807) is 56.4 Å². The highest BCUT2D eigenvalue weighted by Gasteiger charge is 2.46. The van der Waals surface area contributed by atoms with Gasteiger partial charge in [-0.3, -0.25) is 48.1 Å². The van der Waals surface area contributed by atoms with Crippen molar-refractivity contribution in [1.82, 2.24) is 46.4 Å². The third-order valence-electron chi connectivity index (χ3n) is 14.1. The summed E-state index contributed by atoms with van der Waals surface area (Å²) >= 11 is 0. The quantitative estimate of drug-likeness (QED) is 0.0218. The van der Waals surface area contributed by atoms with Crippen LogP contribution < -0.4 is 37.5 Å². The van der Waals surface area contributed by atoms with Crippen LogP contribution in [0.25, 0.3) is 22.3 Å². The molecule has 2 aromatic carbocycles. The molecule has 1 aliphatic carbocycles. The summed E-state index contributed by atoms with van der Waals surface area (Å²) in [6.45, 7) is -4.30. The van der Waals surface area contributed by atoms with E-state index in [2.05, 4.69) is 26.6 Å². The zero-order valence-electron chi connectivity index (χ0n) is 45.9. The largest absolute Gasteiger partial charge is 0.458 e. The maximum Gasteiger partial charge on any atom is 0.343 e. The van der Waals surface area contributed by atoms with E-state index in [0.717, 1.165) is 0 Å². The lowest BCUT2D eigenvalue weighted by Crippen LogP contribution is -2.52. The Morgan fingerprint density at radius 2 is 1.64 bits per heavy atom. The van der Waals surface area contributed by atoms with E-state index in [-0.39, 0.29) is 97.4 Å². The van der Waals surface area contributed by atoms with Gasteiger partial charge in [-0.15, -0.1) is 0 Å². The third kappa shape index (κ3) is 11.6. The summed E-state index contributed by atoms with van der Waals surface area (Å²) in [6.07, 6.45) is 1.82. The summed E-state index contributed by atoms with van der Waals surface area (Å²) in [5, 5.41) is 25.7. The summed E-state index contributed by atoms with van der Waals surface area (Å²) < 4.78 is 60.7. The minimum atomic E-state index is -3.49. The average molecular weight is 1050 g/mol. The first-order valence-corrected chi connectivity index (χ1v) is 24.9. The Kier molecular flexibility index (Phi) is 15.0. The fourth-order valence-corrected chi connectivity index (χ4v) is 10.0. The number of cyclic esters (lactones) is 1. The molecule has 4 atom stereocenters. The van der Waals surface area contributed by atoms with Gasteiger partial charge in [-0.05, 0) is 67.3 Å². The number of likely N-dealkylation sites (tertiary alicyclic amines) is 1. The highest BCUT2D eigenvalue weighted by Crippen LogP contribution is 2.46. The number of aliphatic hydroxyl groups is 1. The maximum atomic E-state index is 15.5. The van der Waals surface area contributed by atoms with Crippen molar-refractivity contribution in [1.29, 1.82) is 0 Å². The Bertz CT molecular complexity index is 3290. The zero-order valence-corrected chi connectivity index (χ0v) is 41.9. The number of imide groups is 1. The number of benzene rings is 2. The number of carbonyl (C=O) groups excluding carboxylic acids is 9. The number of hydrogen-bond acceptors (Lipinski definition) is 14. The predicted octanol–water partition coefficient (Wildman–Crippen LogP) is 0.752. The Morgan fingerprint density at radius 1 is 0.921 bits per heavy atom. The molecule has 0 radical (unpaired) electrons. The van der Waals surface area contributed by atoms with Crippen molar-refractivity contribution < 1.29 is 67.6 Å². The Hall–Kier alpha value is -7.92. The maximum absolute atomic E-state index is 15.5. The molecule has 8 amide bonds. The second-order valence-electron chi connectivity index (χ2n) is 19.1. The van der Waals surface area contributed by atoms with Crippen molar-refractivity contribution in [2.24, 2.45) is 5.92 Å². The fraction of sp³-hybridized carbons (Fsp3) is 0.453. The number of halogens is 1. The van der Waals surface area contributed by atoms with Crippen LogP contribution in [-0.2, 0) is 84.2 Å².